The molecule has 3 amide bonds. The summed E-state index contributed by atoms with van der Waals surface area (Å²) in [6.45, 7) is 3.34. The number of benzene rings is 1. The molecule has 136 valence electrons. The predicted molar refractivity (Wildman–Crippen MR) is 92.7 cm³/mol. The van der Waals surface area contributed by atoms with Crippen molar-refractivity contribution in [1.29, 1.82) is 0 Å². The molecule has 1 aromatic rings. The minimum absolute atomic E-state index is 0.130. The van der Waals surface area contributed by atoms with Crippen LogP contribution in [0.3, 0.4) is 0 Å². The zero-order valence-corrected chi connectivity index (χ0v) is 14.7. The van der Waals surface area contributed by atoms with Crippen molar-refractivity contribution in [1.82, 2.24) is 15.5 Å². The highest BCUT2D eigenvalue weighted by Crippen LogP contribution is 2.27. The Kier molecular flexibility index (Phi) is 6.94. The Balaban J connectivity index is 2.10. The number of ether oxygens (including phenoxy) is 1. The van der Waals surface area contributed by atoms with Gasteiger partial charge in [0.05, 0.1) is 12.5 Å². The van der Waals surface area contributed by atoms with E-state index < -0.39 is 12.1 Å². The first-order chi connectivity index (χ1) is 12.1. The van der Waals surface area contributed by atoms with E-state index in [2.05, 4.69) is 10.6 Å². The van der Waals surface area contributed by atoms with Crippen LogP contribution in [0.5, 0.6) is 0 Å². The number of carbonyl (C=O) groups excluding carboxylic acids is 3. The second-order valence-corrected chi connectivity index (χ2v) is 5.94. The lowest BCUT2D eigenvalue weighted by Crippen LogP contribution is -2.48. The summed E-state index contributed by atoms with van der Waals surface area (Å²) in [6, 6.07) is 8.23. The van der Waals surface area contributed by atoms with Crippen LogP contribution in [0, 0.1) is 5.92 Å². The number of piperidine rings is 1. The van der Waals surface area contributed by atoms with E-state index in [1.807, 2.05) is 35.2 Å². The number of carbonyl (C=O) groups is 3. The van der Waals surface area contributed by atoms with Crippen molar-refractivity contribution < 1.29 is 19.1 Å². The molecule has 7 nitrogen and oxygen atoms in total. The highest BCUT2D eigenvalue weighted by molar-refractivity contribution is 5.97. The molecule has 0 spiro atoms. The van der Waals surface area contributed by atoms with Gasteiger partial charge < -0.3 is 10.1 Å². The second kappa shape index (κ2) is 9.17. The normalized spacial score (nSPS) is 16.7. The fraction of sp³-hybridized carbons (Fsp3) is 0.500. The molecule has 1 aromatic carbocycles. The Morgan fingerprint density at radius 1 is 1.20 bits per heavy atom. The largest absolute Gasteiger partial charge is 0.466 e. The molecule has 7 heteroatoms. The number of imide groups is 1. The number of hydrogen-bond acceptors (Lipinski definition) is 5. The Morgan fingerprint density at radius 2 is 1.84 bits per heavy atom. The predicted octanol–water partition coefficient (Wildman–Crippen LogP) is 1.46. The van der Waals surface area contributed by atoms with Crippen LogP contribution < -0.4 is 10.6 Å². The molecule has 2 N–H and O–H groups in total. The number of likely N-dealkylation sites (tertiary alicyclic amines) is 1. The molecule has 0 bridgehead atoms. The van der Waals surface area contributed by atoms with Gasteiger partial charge in [-0.05, 0) is 25.3 Å². The molecule has 1 saturated heterocycles. The zero-order chi connectivity index (χ0) is 18.2. The Bertz CT molecular complexity index is 598. The number of nitrogens with zero attached hydrogens (tertiary/aromatic N) is 1. The number of rotatable bonds is 5. The molecule has 0 radical (unpaired) electrons. The summed E-state index contributed by atoms with van der Waals surface area (Å²) in [5.41, 5.74) is 0.818. The molecule has 0 aromatic heterocycles. The fourth-order valence-electron chi connectivity index (χ4n) is 3.06. The van der Waals surface area contributed by atoms with Crippen molar-refractivity contribution in [2.75, 3.05) is 26.7 Å². The Morgan fingerprint density at radius 3 is 2.40 bits per heavy atom. The zero-order valence-electron chi connectivity index (χ0n) is 14.7. The van der Waals surface area contributed by atoms with Crippen LogP contribution in [0.4, 0.5) is 4.79 Å². The lowest BCUT2D eigenvalue weighted by atomic mass is 9.94. The molecule has 1 unspecified atom stereocenters. The van der Waals surface area contributed by atoms with Crippen molar-refractivity contribution in [2.45, 2.75) is 25.8 Å². The topological polar surface area (TPSA) is 87.7 Å². The highest BCUT2D eigenvalue weighted by atomic mass is 16.5. The summed E-state index contributed by atoms with van der Waals surface area (Å²) < 4.78 is 5.09. The van der Waals surface area contributed by atoms with Crippen LogP contribution >= 0.6 is 0 Å². The molecule has 1 aliphatic heterocycles. The Hall–Kier alpha value is -2.41. The van der Waals surface area contributed by atoms with Crippen molar-refractivity contribution in [3.8, 4) is 0 Å². The fourth-order valence-corrected chi connectivity index (χ4v) is 3.06. The first-order valence-electron chi connectivity index (χ1n) is 8.55. The first-order valence-corrected chi connectivity index (χ1v) is 8.55. The van der Waals surface area contributed by atoms with E-state index >= 15 is 0 Å². The van der Waals surface area contributed by atoms with E-state index in [0.29, 0.717) is 32.5 Å². The standard InChI is InChI=1S/C18H25N3O4/c1-3-25-17(23)14-9-11-21(12-10-14)15(13-7-5-4-6-8-13)16(22)20-18(24)19-2/h4-8,14-15H,3,9-12H2,1-2H3,(H2,19,20,22,24). The van der Waals surface area contributed by atoms with E-state index in [-0.39, 0.29) is 17.8 Å². The van der Waals surface area contributed by atoms with Crippen molar-refractivity contribution >= 4 is 17.9 Å². The molecule has 25 heavy (non-hydrogen) atoms. The van der Waals surface area contributed by atoms with Gasteiger partial charge in [0.25, 0.3) is 0 Å². The summed E-state index contributed by atoms with van der Waals surface area (Å²) in [5, 5.41) is 4.75. The van der Waals surface area contributed by atoms with Gasteiger partial charge in [-0.25, -0.2) is 4.79 Å². The van der Waals surface area contributed by atoms with Crippen LogP contribution in [-0.4, -0.2) is 49.6 Å². The Labute approximate surface area is 147 Å². The van der Waals surface area contributed by atoms with Gasteiger partial charge in [0.2, 0.25) is 5.91 Å². The molecule has 1 aliphatic rings. The van der Waals surface area contributed by atoms with Crippen LogP contribution in [0.1, 0.15) is 31.4 Å². The molecule has 0 saturated carbocycles. The lowest BCUT2D eigenvalue weighted by Gasteiger charge is -2.36. The van der Waals surface area contributed by atoms with Crippen LogP contribution in [0.15, 0.2) is 30.3 Å². The van der Waals surface area contributed by atoms with Crippen molar-refractivity contribution in [2.24, 2.45) is 5.92 Å². The molecular formula is C18H25N3O4. The molecule has 2 rings (SSSR count). The van der Waals surface area contributed by atoms with Gasteiger partial charge in [-0.3, -0.25) is 19.8 Å². The number of esters is 1. The third kappa shape index (κ3) is 5.03. The third-order valence-electron chi connectivity index (χ3n) is 4.34. The number of hydrogen-bond donors (Lipinski definition) is 2. The van der Waals surface area contributed by atoms with Gasteiger partial charge in [-0.1, -0.05) is 30.3 Å². The minimum atomic E-state index is -0.568. The van der Waals surface area contributed by atoms with Crippen LogP contribution in [0.2, 0.25) is 0 Å². The van der Waals surface area contributed by atoms with Crippen molar-refractivity contribution in [3.05, 3.63) is 35.9 Å². The maximum atomic E-state index is 12.6. The van der Waals surface area contributed by atoms with Gasteiger partial charge in [0.15, 0.2) is 0 Å². The van der Waals surface area contributed by atoms with E-state index in [0.717, 1.165) is 5.56 Å². The SMILES string of the molecule is CCOC(=O)C1CCN(C(C(=O)NC(=O)NC)c2ccccc2)CC1. The van der Waals surface area contributed by atoms with Crippen molar-refractivity contribution in [3.63, 3.8) is 0 Å². The maximum Gasteiger partial charge on any atom is 0.321 e. The van der Waals surface area contributed by atoms with Gasteiger partial charge in [-0.15, -0.1) is 0 Å². The van der Waals surface area contributed by atoms with Gasteiger partial charge in [0.1, 0.15) is 6.04 Å². The van der Waals surface area contributed by atoms with E-state index in [1.165, 1.54) is 7.05 Å². The number of urea groups is 1. The highest BCUT2D eigenvalue weighted by Gasteiger charge is 2.34. The lowest BCUT2D eigenvalue weighted by molar-refractivity contribution is -0.149. The third-order valence-corrected chi connectivity index (χ3v) is 4.34. The summed E-state index contributed by atoms with van der Waals surface area (Å²) in [5.74, 6) is -0.678. The van der Waals surface area contributed by atoms with Crippen LogP contribution in [-0.2, 0) is 14.3 Å². The first kappa shape index (κ1) is 18.9. The van der Waals surface area contributed by atoms with E-state index in [9.17, 15) is 14.4 Å². The molecule has 1 fully saturated rings. The summed E-state index contributed by atoms with van der Waals surface area (Å²) in [7, 11) is 1.46. The molecule has 1 atom stereocenters. The van der Waals surface area contributed by atoms with Crippen LogP contribution in [0.25, 0.3) is 0 Å². The quantitative estimate of drug-likeness (QED) is 0.788. The van der Waals surface area contributed by atoms with Gasteiger partial charge in [0, 0.05) is 20.1 Å². The summed E-state index contributed by atoms with van der Waals surface area (Å²) in [4.78, 5) is 38.0. The van der Waals surface area contributed by atoms with Gasteiger partial charge >= 0.3 is 12.0 Å². The summed E-state index contributed by atoms with van der Waals surface area (Å²) >= 11 is 0. The molecular weight excluding hydrogens is 322 g/mol. The maximum absolute atomic E-state index is 12.6. The van der Waals surface area contributed by atoms with E-state index in [1.54, 1.807) is 6.92 Å². The minimum Gasteiger partial charge on any atom is -0.466 e. The van der Waals surface area contributed by atoms with Gasteiger partial charge in [-0.2, -0.15) is 0 Å². The average molecular weight is 347 g/mol. The monoisotopic (exact) mass is 347 g/mol. The second-order valence-electron chi connectivity index (χ2n) is 5.94. The smallest absolute Gasteiger partial charge is 0.321 e. The van der Waals surface area contributed by atoms with E-state index in [4.69, 9.17) is 4.74 Å². The number of amides is 3. The average Bonchev–Trinajstić information content (AvgIpc) is 2.63. The number of nitrogens with one attached hydrogen (secondary N) is 2. The summed E-state index contributed by atoms with van der Waals surface area (Å²) in [6.07, 6.45) is 1.27. The molecule has 0 aliphatic carbocycles. The molecule has 1 heterocycles.